The molecule has 0 aromatic heterocycles. The van der Waals surface area contributed by atoms with Crippen LogP contribution in [-0.4, -0.2) is 18.4 Å². The van der Waals surface area contributed by atoms with Gasteiger partial charge in [-0.15, -0.1) is 0 Å². The summed E-state index contributed by atoms with van der Waals surface area (Å²) in [7, 11) is 2.01. The van der Waals surface area contributed by atoms with Crippen molar-refractivity contribution in [2.45, 2.75) is 74.0 Å². The predicted octanol–water partition coefficient (Wildman–Crippen LogP) is 8.99. The van der Waals surface area contributed by atoms with Crippen LogP contribution in [0.5, 0.6) is 5.75 Å². The Hall–Kier alpha value is -3.79. The summed E-state index contributed by atoms with van der Waals surface area (Å²) in [5.41, 5.74) is 10.4. The molecule has 207 valence electrons. The van der Waals surface area contributed by atoms with Crippen molar-refractivity contribution < 1.29 is 14.6 Å². The number of carbonyl (C=O) groups is 1. The van der Waals surface area contributed by atoms with Crippen LogP contribution in [0.1, 0.15) is 97.0 Å². The number of aryl methyl sites for hydroxylation is 3. The lowest BCUT2D eigenvalue weighted by Crippen LogP contribution is -2.27. The summed E-state index contributed by atoms with van der Waals surface area (Å²) in [6, 6.07) is 17.8. The van der Waals surface area contributed by atoms with Gasteiger partial charge < -0.3 is 9.84 Å². The highest BCUT2D eigenvalue weighted by molar-refractivity contribution is 6.56. The van der Waals surface area contributed by atoms with Crippen molar-refractivity contribution in [2.24, 2.45) is 0 Å². The number of carboxylic acids is 1. The number of rotatable bonds is 7. The first-order valence-electron chi connectivity index (χ1n) is 14.2. The zero-order chi connectivity index (χ0) is 29.4. The van der Waals surface area contributed by atoms with Gasteiger partial charge in [-0.25, -0.2) is 4.79 Å². The molecule has 1 N–H and O–H groups in total. The largest absolute Gasteiger partial charge is 0.478 e. The highest BCUT2D eigenvalue weighted by atomic mass is 16.5. The molecule has 0 fully saturated rings. The Bertz CT molecular complexity index is 1460. The van der Waals surface area contributed by atoms with E-state index in [1.165, 1.54) is 23.1 Å². The Balaban J connectivity index is 0.000000663. The molecule has 0 amide bonds. The molecule has 40 heavy (non-hydrogen) atoms. The van der Waals surface area contributed by atoms with Crippen LogP contribution < -0.4 is 10.2 Å². The standard InChI is InChI=1S/C30H30BO3.C6H12/c1-6-9-22-17-28(23-13-12-19(3)20(4)16-23)34-29-25(14-18(2)15-26(22)29)21(5)31-27-11-8-7-10-24(27)30(32)33;1-4-6(3)5-2/h7-17,21H,6H2,1-5H3,(H,32,33);4H,5H2,1-3H3/b22-9-;6-4+. The highest BCUT2D eigenvalue weighted by Gasteiger charge is 2.25. The summed E-state index contributed by atoms with van der Waals surface area (Å²) in [6.45, 7) is 16.9. The quantitative estimate of drug-likeness (QED) is 0.244. The maximum absolute atomic E-state index is 11.7. The fourth-order valence-corrected chi connectivity index (χ4v) is 4.65. The third kappa shape index (κ3) is 7.44. The van der Waals surface area contributed by atoms with Gasteiger partial charge in [0.2, 0.25) is 0 Å². The summed E-state index contributed by atoms with van der Waals surface area (Å²) in [4.78, 5) is 11.7. The SMILES string of the molecule is C/C=C(\C)CC.CC/C=C1/C=C(c2ccc(C)c(C)c2)Oc2c1cc(C)cc2C(C)[B]c1ccccc1C(=O)O. The molecular weight excluding hydrogens is 491 g/mol. The molecule has 0 saturated heterocycles. The number of fused-ring (bicyclic) bond motifs is 1. The van der Waals surface area contributed by atoms with Crippen LogP contribution in [0.15, 0.2) is 78.4 Å². The van der Waals surface area contributed by atoms with Crippen molar-refractivity contribution in [1.82, 2.24) is 0 Å². The molecule has 1 atom stereocenters. The molecule has 1 radical (unpaired) electrons. The second-order valence-corrected chi connectivity index (χ2v) is 10.5. The molecule has 1 aliphatic rings. The maximum Gasteiger partial charge on any atom is 0.335 e. The molecule has 1 unspecified atom stereocenters. The Morgan fingerprint density at radius 3 is 2.35 bits per heavy atom. The molecule has 1 heterocycles. The van der Waals surface area contributed by atoms with Crippen LogP contribution in [0.3, 0.4) is 0 Å². The van der Waals surface area contributed by atoms with E-state index in [1.807, 2.05) is 19.4 Å². The van der Waals surface area contributed by atoms with Crippen LogP contribution in [0.4, 0.5) is 0 Å². The van der Waals surface area contributed by atoms with Crippen molar-refractivity contribution >= 4 is 30.0 Å². The van der Waals surface area contributed by atoms with Gasteiger partial charge in [-0.2, -0.15) is 0 Å². The molecule has 4 heteroatoms. The number of benzene rings is 3. The predicted molar refractivity (Wildman–Crippen MR) is 171 cm³/mol. The monoisotopic (exact) mass is 533 g/mol. The van der Waals surface area contributed by atoms with Crippen LogP contribution in [0.25, 0.3) is 11.3 Å². The highest BCUT2D eigenvalue weighted by Crippen LogP contribution is 2.42. The second-order valence-electron chi connectivity index (χ2n) is 10.5. The number of hydrogen-bond donors (Lipinski definition) is 1. The first-order valence-corrected chi connectivity index (χ1v) is 14.2. The third-order valence-corrected chi connectivity index (χ3v) is 7.45. The minimum absolute atomic E-state index is 0.0452. The smallest absolute Gasteiger partial charge is 0.335 e. The van der Waals surface area contributed by atoms with Crippen LogP contribution >= 0.6 is 0 Å². The summed E-state index contributed by atoms with van der Waals surface area (Å²) in [6.07, 6.45) is 8.62. The van der Waals surface area contributed by atoms with Crippen molar-refractivity contribution in [2.75, 3.05) is 0 Å². The minimum atomic E-state index is -0.922. The molecule has 4 rings (SSSR count). The molecule has 3 aromatic rings. The van der Waals surface area contributed by atoms with Gasteiger partial charge in [0.15, 0.2) is 7.28 Å². The lowest BCUT2D eigenvalue weighted by Gasteiger charge is -2.26. The Kier molecular flexibility index (Phi) is 10.8. The molecule has 0 aliphatic carbocycles. The van der Waals surface area contributed by atoms with E-state index in [-0.39, 0.29) is 5.82 Å². The number of allylic oxidation sites excluding steroid dienone is 5. The van der Waals surface area contributed by atoms with E-state index < -0.39 is 5.97 Å². The summed E-state index contributed by atoms with van der Waals surface area (Å²) < 4.78 is 6.60. The Labute approximate surface area is 241 Å². The van der Waals surface area contributed by atoms with Gasteiger partial charge in [0.25, 0.3) is 0 Å². The van der Waals surface area contributed by atoms with Crippen molar-refractivity contribution in [3.8, 4) is 5.75 Å². The molecule has 1 aliphatic heterocycles. The van der Waals surface area contributed by atoms with Gasteiger partial charge in [0.05, 0.1) is 5.56 Å². The first-order chi connectivity index (χ1) is 19.1. The summed E-state index contributed by atoms with van der Waals surface area (Å²) in [5.74, 6) is 0.710. The molecule has 0 spiro atoms. The molecule has 3 nitrogen and oxygen atoms in total. The number of ether oxygens (including phenoxy) is 1. The van der Waals surface area contributed by atoms with Crippen molar-refractivity contribution in [3.05, 3.63) is 117 Å². The van der Waals surface area contributed by atoms with Crippen LogP contribution in [0, 0.1) is 20.8 Å². The van der Waals surface area contributed by atoms with E-state index in [1.54, 1.807) is 12.1 Å². The fraction of sp³-hybridized carbons (Fsp3) is 0.306. The van der Waals surface area contributed by atoms with Gasteiger partial charge in [0, 0.05) is 11.1 Å². The van der Waals surface area contributed by atoms with Gasteiger partial charge >= 0.3 is 5.97 Å². The molecular formula is C36H42BO3. The van der Waals surface area contributed by atoms with E-state index in [0.29, 0.717) is 11.0 Å². The molecule has 0 bridgehead atoms. The Morgan fingerprint density at radius 1 is 1.02 bits per heavy atom. The number of hydrogen-bond acceptors (Lipinski definition) is 2. The topological polar surface area (TPSA) is 46.5 Å². The van der Waals surface area contributed by atoms with Crippen molar-refractivity contribution in [3.63, 3.8) is 0 Å². The molecule has 3 aromatic carbocycles. The lowest BCUT2D eigenvalue weighted by molar-refractivity contribution is 0.0698. The van der Waals surface area contributed by atoms with Gasteiger partial charge in [0.1, 0.15) is 11.5 Å². The van der Waals surface area contributed by atoms with Gasteiger partial charge in [-0.3, -0.25) is 0 Å². The van der Waals surface area contributed by atoms with E-state index in [4.69, 9.17) is 4.74 Å². The third-order valence-electron chi connectivity index (χ3n) is 7.45. The van der Waals surface area contributed by atoms with E-state index >= 15 is 0 Å². The zero-order valence-corrected chi connectivity index (χ0v) is 25.3. The van der Waals surface area contributed by atoms with Crippen LogP contribution in [-0.2, 0) is 0 Å². The number of carboxylic acid groups (broad SMARTS) is 1. The van der Waals surface area contributed by atoms with Gasteiger partial charge in [-0.05, 0) is 105 Å². The zero-order valence-electron chi connectivity index (χ0n) is 25.3. The average molecular weight is 534 g/mol. The first kappa shape index (κ1) is 30.8. The normalized spacial score (nSPS) is 14.3. The van der Waals surface area contributed by atoms with E-state index in [9.17, 15) is 9.90 Å². The van der Waals surface area contributed by atoms with E-state index in [0.717, 1.165) is 45.8 Å². The van der Waals surface area contributed by atoms with E-state index in [2.05, 4.69) is 104 Å². The summed E-state index contributed by atoms with van der Waals surface area (Å²) >= 11 is 0. The summed E-state index contributed by atoms with van der Waals surface area (Å²) in [5, 5.41) is 9.62. The molecule has 0 saturated carbocycles. The lowest BCUT2D eigenvalue weighted by atomic mass is 9.56. The fourth-order valence-electron chi connectivity index (χ4n) is 4.65. The average Bonchev–Trinajstić information content (AvgIpc) is 2.94. The Morgan fingerprint density at radius 2 is 1.75 bits per heavy atom. The van der Waals surface area contributed by atoms with Crippen molar-refractivity contribution in [1.29, 1.82) is 0 Å². The maximum atomic E-state index is 11.7. The minimum Gasteiger partial charge on any atom is -0.478 e. The van der Waals surface area contributed by atoms with Gasteiger partial charge in [-0.1, -0.05) is 80.4 Å². The second kappa shape index (κ2) is 14.0. The van der Waals surface area contributed by atoms with Crippen LogP contribution in [0.2, 0.25) is 0 Å². The number of aromatic carboxylic acids is 1.